The van der Waals surface area contributed by atoms with Crippen molar-refractivity contribution in [2.75, 3.05) is 4.90 Å². The molecule has 3 heterocycles. The molecule has 2 aliphatic heterocycles. The van der Waals surface area contributed by atoms with Gasteiger partial charge in [-0.25, -0.2) is 4.90 Å². The molecule has 5 rings (SSSR count). The summed E-state index contributed by atoms with van der Waals surface area (Å²) in [5, 5.41) is 0.443. The summed E-state index contributed by atoms with van der Waals surface area (Å²) in [4.78, 5) is 32.3. The van der Waals surface area contributed by atoms with Crippen LogP contribution in [-0.2, 0) is 9.59 Å². The number of hydrogen-bond donors (Lipinski definition) is 1. The van der Waals surface area contributed by atoms with Crippen LogP contribution in [0.2, 0.25) is 0 Å². The molecule has 2 aromatic carbocycles. The molecule has 1 N–H and O–H groups in total. The Kier molecular flexibility index (Phi) is 4.54. The predicted molar refractivity (Wildman–Crippen MR) is 118 cm³/mol. The van der Waals surface area contributed by atoms with Crippen molar-refractivity contribution in [3.05, 3.63) is 73.5 Å². The maximum atomic E-state index is 13.5. The van der Waals surface area contributed by atoms with E-state index in [0.717, 1.165) is 19.9 Å². The van der Waals surface area contributed by atoms with Crippen molar-refractivity contribution >= 4 is 68.7 Å². The molecule has 1 aromatic heterocycles. The number of rotatable bonds is 2. The number of aromatic amines is 1. The monoisotopic (exact) mass is 488 g/mol. The molecule has 3 atom stereocenters. The third-order valence-electron chi connectivity index (χ3n) is 5.07. The van der Waals surface area contributed by atoms with Gasteiger partial charge in [0.25, 0.3) is 0 Å². The Morgan fingerprint density at radius 2 is 1.71 bits per heavy atom. The van der Waals surface area contributed by atoms with Gasteiger partial charge in [0.2, 0.25) is 11.8 Å². The molecule has 3 unspecified atom stereocenters. The first kappa shape index (κ1) is 18.3. The van der Waals surface area contributed by atoms with E-state index in [1.54, 1.807) is 12.1 Å². The lowest BCUT2D eigenvalue weighted by Crippen LogP contribution is -2.32. The summed E-state index contributed by atoms with van der Waals surface area (Å²) < 4.78 is 1.57. The highest BCUT2D eigenvalue weighted by Crippen LogP contribution is 2.53. The molecule has 8 heteroatoms. The van der Waals surface area contributed by atoms with Crippen LogP contribution >= 0.6 is 51.2 Å². The van der Waals surface area contributed by atoms with Crippen molar-refractivity contribution in [2.45, 2.75) is 16.2 Å². The van der Waals surface area contributed by atoms with Crippen molar-refractivity contribution in [2.24, 2.45) is 5.92 Å². The molecule has 2 aliphatic rings. The second kappa shape index (κ2) is 6.95. The number of carbonyl (C=O) groups excluding carboxylic acids is 2. The predicted octanol–water partition coefficient (Wildman–Crippen LogP) is 5.36. The fourth-order valence-corrected chi connectivity index (χ4v) is 7.11. The number of aromatic nitrogens is 1. The first-order valence-electron chi connectivity index (χ1n) is 8.62. The van der Waals surface area contributed by atoms with E-state index in [0.29, 0.717) is 9.64 Å². The normalized spacial score (nSPS) is 23.6. The Hall–Kier alpha value is -1.74. The molecule has 140 valence electrons. The Labute approximate surface area is 183 Å². The lowest BCUT2D eigenvalue weighted by atomic mass is 9.83. The fourth-order valence-electron chi connectivity index (χ4n) is 3.88. The highest BCUT2D eigenvalue weighted by atomic mass is 79.9. The Balaban J connectivity index is 1.65. The summed E-state index contributed by atoms with van der Waals surface area (Å²) in [7, 11) is 0. The third-order valence-corrected chi connectivity index (χ3v) is 8.35. The highest BCUT2D eigenvalue weighted by Gasteiger charge is 2.56. The topological polar surface area (TPSA) is 53.2 Å². The van der Waals surface area contributed by atoms with Crippen molar-refractivity contribution in [1.82, 2.24) is 4.98 Å². The van der Waals surface area contributed by atoms with Crippen LogP contribution in [0.5, 0.6) is 0 Å². The fraction of sp³-hybridized carbons (Fsp3) is 0.150. The van der Waals surface area contributed by atoms with Gasteiger partial charge in [-0.3, -0.25) is 9.59 Å². The van der Waals surface area contributed by atoms with Crippen LogP contribution in [0.1, 0.15) is 16.4 Å². The molecule has 0 radical (unpaired) electrons. The van der Waals surface area contributed by atoms with E-state index < -0.39 is 11.2 Å². The van der Waals surface area contributed by atoms with Crippen LogP contribution in [0.3, 0.4) is 0 Å². The minimum absolute atomic E-state index is 0.149. The average molecular weight is 489 g/mol. The molecule has 28 heavy (non-hydrogen) atoms. The number of nitrogens with zero attached hydrogens (tertiary/aromatic N) is 1. The number of nitrogens with one attached hydrogen (secondary N) is 1. The zero-order valence-electron chi connectivity index (χ0n) is 14.3. The van der Waals surface area contributed by atoms with Gasteiger partial charge in [0.05, 0.1) is 16.6 Å². The molecule has 4 nitrogen and oxygen atoms in total. The van der Waals surface area contributed by atoms with Crippen LogP contribution in [0.4, 0.5) is 5.69 Å². The number of hydrogen-bond acceptors (Lipinski definition) is 5. The number of benzene rings is 2. The number of carbonyl (C=O) groups is 2. The second-order valence-corrected chi connectivity index (χ2v) is 10.4. The first-order valence-corrected chi connectivity index (χ1v) is 11.5. The molecule has 2 amide bonds. The van der Waals surface area contributed by atoms with E-state index in [9.17, 15) is 9.59 Å². The summed E-state index contributed by atoms with van der Waals surface area (Å²) in [6.45, 7) is 0. The van der Waals surface area contributed by atoms with Gasteiger partial charge in [0, 0.05) is 15.3 Å². The van der Waals surface area contributed by atoms with E-state index in [1.807, 2.05) is 42.5 Å². The zero-order valence-corrected chi connectivity index (χ0v) is 18.3. The van der Waals surface area contributed by atoms with E-state index in [4.69, 9.17) is 12.2 Å². The van der Waals surface area contributed by atoms with Crippen LogP contribution in [-0.4, -0.2) is 22.0 Å². The van der Waals surface area contributed by atoms with Gasteiger partial charge in [-0.15, -0.1) is 11.3 Å². The van der Waals surface area contributed by atoms with Crippen LogP contribution in [0.25, 0.3) is 0 Å². The number of fused-ring (bicyclic) bond motifs is 2. The van der Waals surface area contributed by atoms with Crippen molar-refractivity contribution < 1.29 is 9.59 Å². The number of thioether (sulfide) groups is 1. The lowest BCUT2D eigenvalue weighted by Gasteiger charge is -2.29. The molecule has 0 saturated carbocycles. The van der Waals surface area contributed by atoms with E-state index in [2.05, 4.69) is 20.9 Å². The molecule has 0 bridgehead atoms. The molecule has 1 fully saturated rings. The van der Waals surface area contributed by atoms with E-state index in [1.165, 1.54) is 28.0 Å². The maximum Gasteiger partial charge on any atom is 0.248 e. The minimum atomic E-state index is -0.464. The molecular weight excluding hydrogens is 476 g/mol. The van der Waals surface area contributed by atoms with Gasteiger partial charge >= 0.3 is 0 Å². The Morgan fingerprint density at radius 3 is 2.43 bits per heavy atom. The SMILES string of the molecule is O=C1C2Sc3[nH]c(=S)sc3C(c3ccccc3)C2C(=O)N1c1ccc(Br)cc1. The van der Waals surface area contributed by atoms with Gasteiger partial charge in [0.1, 0.15) is 5.25 Å². The van der Waals surface area contributed by atoms with Gasteiger partial charge in [-0.05, 0) is 42.0 Å². The lowest BCUT2D eigenvalue weighted by molar-refractivity contribution is -0.122. The van der Waals surface area contributed by atoms with Gasteiger partial charge < -0.3 is 4.98 Å². The van der Waals surface area contributed by atoms with Crippen molar-refractivity contribution in [3.8, 4) is 0 Å². The summed E-state index contributed by atoms with van der Waals surface area (Å²) in [5.41, 5.74) is 1.64. The highest BCUT2D eigenvalue weighted by molar-refractivity contribution is 9.10. The summed E-state index contributed by atoms with van der Waals surface area (Å²) >= 11 is 11.7. The second-order valence-electron chi connectivity index (χ2n) is 6.65. The number of halogens is 1. The standard InChI is InChI=1S/C20H13BrN2O2S3/c21-11-6-8-12(9-7-11)23-18(24)14-13(10-4-2-1-3-5-10)15-17(22-20(26)28-15)27-16(14)19(23)25/h1-9,13-14,16H,(H,22,26). The molecule has 0 spiro atoms. The zero-order chi connectivity index (χ0) is 19.4. The number of anilines is 1. The maximum absolute atomic E-state index is 13.5. The summed E-state index contributed by atoms with van der Waals surface area (Å²) in [6, 6.07) is 17.2. The molecule has 0 aliphatic carbocycles. The van der Waals surface area contributed by atoms with Crippen LogP contribution in [0.15, 0.2) is 64.1 Å². The van der Waals surface area contributed by atoms with Crippen molar-refractivity contribution in [1.29, 1.82) is 0 Å². The Morgan fingerprint density at radius 1 is 1.00 bits per heavy atom. The van der Waals surface area contributed by atoms with Gasteiger partial charge in [0.15, 0.2) is 3.95 Å². The number of thiazole rings is 1. The summed E-state index contributed by atoms with van der Waals surface area (Å²) in [5.74, 6) is -0.946. The van der Waals surface area contributed by atoms with Crippen molar-refractivity contribution in [3.63, 3.8) is 0 Å². The molecular formula is C20H13BrN2O2S3. The van der Waals surface area contributed by atoms with E-state index >= 15 is 0 Å². The van der Waals surface area contributed by atoms with Crippen LogP contribution in [0, 0.1) is 9.87 Å². The number of amides is 2. The third kappa shape index (κ3) is 2.82. The van der Waals surface area contributed by atoms with E-state index in [-0.39, 0.29) is 17.7 Å². The summed E-state index contributed by atoms with van der Waals surface area (Å²) in [6.07, 6.45) is 0. The first-order chi connectivity index (χ1) is 13.5. The molecule has 1 saturated heterocycles. The average Bonchev–Trinajstić information content (AvgIpc) is 3.18. The smallest absolute Gasteiger partial charge is 0.248 e. The Bertz CT molecular complexity index is 1140. The van der Waals surface area contributed by atoms with Crippen LogP contribution < -0.4 is 4.90 Å². The largest absolute Gasteiger partial charge is 0.332 e. The van der Waals surface area contributed by atoms with Gasteiger partial charge in [-0.1, -0.05) is 58.0 Å². The number of imide groups is 1. The minimum Gasteiger partial charge on any atom is -0.332 e. The number of H-pyrrole nitrogens is 1. The quantitative estimate of drug-likeness (QED) is 0.389. The van der Waals surface area contributed by atoms with Gasteiger partial charge in [-0.2, -0.15) is 0 Å². The molecule has 3 aromatic rings.